The topological polar surface area (TPSA) is 31.2 Å². The first-order chi connectivity index (χ1) is 12.7. The third kappa shape index (κ3) is 3.80. The van der Waals surface area contributed by atoms with Gasteiger partial charge in [-0.05, 0) is 54.5 Å². The molecule has 0 spiro atoms. The van der Waals surface area contributed by atoms with Gasteiger partial charge in [0.1, 0.15) is 5.75 Å². The van der Waals surface area contributed by atoms with Crippen molar-refractivity contribution >= 4 is 39.3 Å². The molecule has 0 saturated carbocycles. The van der Waals surface area contributed by atoms with E-state index in [1.165, 1.54) is 17.3 Å². The summed E-state index contributed by atoms with van der Waals surface area (Å²) in [6.45, 7) is 3.02. The van der Waals surface area contributed by atoms with E-state index in [9.17, 15) is 4.79 Å². The largest absolute Gasteiger partial charge is 0.497 e. The number of rotatable bonds is 8. The molecule has 3 rings (SSSR count). The summed E-state index contributed by atoms with van der Waals surface area (Å²) in [7, 11) is 1.63. The number of carbonyl (C=O) groups is 1. The summed E-state index contributed by atoms with van der Waals surface area (Å²) in [6.07, 6.45) is 3.60. The van der Waals surface area contributed by atoms with Gasteiger partial charge < -0.3 is 9.30 Å². The molecule has 0 aliphatic rings. The summed E-state index contributed by atoms with van der Waals surface area (Å²) in [5.74, 6) is 0.836. The third-order valence-corrected chi connectivity index (χ3v) is 5.59. The van der Waals surface area contributed by atoms with Gasteiger partial charge in [-0.1, -0.05) is 47.2 Å². The molecule has 0 amide bonds. The first-order valence-electron chi connectivity index (χ1n) is 9.00. The van der Waals surface area contributed by atoms with Gasteiger partial charge in [0.2, 0.25) is 0 Å². The number of hydrogen-bond acceptors (Lipinski definition) is 2. The number of ketones is 1. The van der Waals surface area contributed by atoms with Gasteiger partial charge in [-0.2, -0.15) is 0 Å². The van der Waals surface area contributed by atoms with E-state index in [2.05, 4.69) is 46.2 Å². The molecule has 1 heterocycles. The Morgan fingerprint density at radius 3 is 2.46 bits per heavy atom. The minimum atomic E-state index is 0.0763. The fourth-order valence-electron chi connectivity index (χ4n) is 3.43. The number of ether oxygens (including phenoxy) is 1. The van der Waals surface area contributed by atoms with E-state index in [0.29, 0.717) is 5.56 Å². The second kappa shape index (κ2) is 8.71. The molecule has 0 radical (unpaired) electrons. The van der Waals surface area contributed by atoms with Crippen LogP contribution in [0.4, 0.5) is 0 Å². The fraction of sp³-hybridized carbons (Fsp3) is 0.318. The molecular weight excluding hydrogens is 437 g/mol. The van der Waals surface area contributed by atoms with Crippen molar-refractivity contribution in [3.63, 3.8) is 0 Å². The summed E-state index contributed by atoms with van der Waals surface area (Å²) < 4.78 is 8.70. The van der Waals surface area contributed by atoms with Crippen molar-refractivity contribution in [2.75, 3.05) is 11.5 Å². The summed E-state index contributed by atoms with van der Waals surface area (Å²) in [4.78, 5) is 13.2. The van der Waals surface area contributed by atoms with Crippen LogP contribution in [0.2, 0.25) is 0 Å². The molecule has 0 fully saturated rings. The van der Waals surface area contributed by atoms with Crippen LogP contribution in [0.25, 0.3) is 10.9 Å². The lowest BCUT2D eigenvalue weighted by Crippen LogP contribution is -2.06. The number of benzene rings is 2. The SMILES string of the molecule is COc1ccc(C(=O)c2c(C)n(CCCCCI)c3ccccc23)cc1. The van der Waals surface area contributed by atoms with E-state index in [-0.39, 0.29) is 5.78 Å². The van der Waals surface area contributed by atoms with Crippen molar-refractivity contribution in [3.8, 4) is 5.75 Å². The molecule has 2 aromatic carbocycles. The summed E-state index contributed by atoms with van der Waals surface area (Å²) in [5.41, 5.74) is 3.72. The average molecular weight is 461 g/mol. The van der Waals surface area contributed by atoms with Gasteiger partial charge in [-0.3, -0.25) is 4.79 Å². The van der Waals surface area contributed by atoms with Crippen molar-refractivity contribution < 1.29 is 9.53 Å². The van der Waals surface area contributed by atoms with Crippen molar-refractivity contribution in [2.24, 2.45) is 0 Å². The van der Waals surface area contributed by atoms with Gasteiger partial charge in [-0.15, -0.1) is 0 Å². The van der Waals surface area contributed by atoms with E-state index in [0.717, 1.165) is 40.9 Å². The molecular formula is C22H24INO2. The van der Waals surface area contributed by atoms with E-state index < -0.39 is 0 Å². The minimum Gasteiger partial charge on any atom is -0.497 e. The van der Waals surface area contributed by atoms with Crippen LogP contribution in [-0.4, -0.2) is 21.9 Å². The van der Waals surface area contributed by atoms with Crippen molar-refractivity contribution in [3.05, 3.63) is 65.4 Å². The monoisotopic (exact) mass is 461 g/mol. The highest BCUT2D eigenvalue weighted by atomic mass is 127. The van der Waals surface area contributed by atoms with Gasteiger partial charge in [0.15, 0.2) is 5.78 Å². The van der Waals surface area contributed by atoms with Crippen LogP contribution in [-0.2, 0) is 6.54 Å². The molecule has 4 heteroatoms. The second-order valence-corrected chi connectivity index (χ2v) is 7.52. The van der Waals surface area contributed by atoms with E-state index in [1.54, 1.807) is 7.11 Å². The van der Waals surface area contributed by atoms with E-state index >= 15 is 0 Å². The molecule has 26 heavy (non-hydrogen) atoms. The molecule has 0 saturated heterocycles. The zero-order valence-electron chi connectivity index (χ0n) is 15.3. The van der Waals surface area contributed by atoms with Crippen molar-refractivity contribution in [1.29, 1.82) is 0 Å². The Hall–Kier alpha value is -1.82. The predicted octanol–water partition coefficient (Wildman–Crippen LogP) is 5.79. The Kier molecular flexibility index (Phi) is 6.35. The van der Waals surface area contributed by atoms with Gasteiger partial charge in [0.05, 0.1) is 12.7 Å². The predicted molar refractivity (Wildman–Crippen MR) is 116 cm³/mol. The average Bonchev–Trinajstić information content (AvgIpc) is 2.96. The highest BCUT2D eigenvalue weighted by Gasteiger charge is 2.20. The lowest BCUT2D eigenvalue weighted by molar-refractivity contribution is 0.103. The molecule has 0 atom stereocenters. The Bertz CT molecular complexity index is 896. The van der Waals surface area contributed by atoms with Crippen LogP contribution in [0.3, 0.4) is 0 Å². The number of nitrogens with zero attached hydrogens (tertiary/aromatic N) is 1. The van der Waals surface area contributed by atoms with Crippen LogP contribution in [0.1, 0.15) is 40.9 Å². The number of aromatic nitrogens is 1. The van der Waals surface area contributed by atoms with Crippen LogP contribution in [0.5, 0.6) is 5.75 Å². The summed E-state index contributed by atoms with van der Waals surface area (Å²) in [6, 6.07) is 15.6. The third-order valence-electron chi connectivity index (χ3n) is 4.83. The molecule has 136 valence electrons. The first-order valence-corrected chi connectivity index (χ1v) is 10.5. The number of hydrogen-bond donors (Lipinski definition) is 0. The number of methoxy groups -OCH3 is 1. The van der Waals surface area contributed by atoms with Crippen LogP contribution >= 0.6 is 22.6 Å². The summed E-state index contributed by atoms with van der Waals surface area (Å²) in [5, 5.41) is 1.04. The normalized spacial score (nSPS) is 11.0. The summed E-state index contributed by atoms with van der Waals surface area (Å²) >= 11 is 2.43. The zero-order chi connectivity index (χ0) is 18.5. The highest BCUT2D eigenvalue weighted by molar-refractivity contribution is 14.1. The molecule has 3 aromatic rings. The standard InChI is InChI=1S/C22H24INO2/c1-16-21(22(25)17-10-12-18(26-2)13-11-17)19-8-4-5-9-20(19)24(16)15-7-3-6-14-23/h4-5,8-13H,3,6-7,14-15H2,1-2H3. The lowest BCUT2D eigenvalue weighted by atomic mass is 10.0. The van der Waals surface area contributed by atoms with Crippen LogP contribution < -0.4 is 4.74 Å². The second-order valence-electron chi connectivity index (χ2n) is 6.44. The highest BCUT2D eigenvalue weighted by Crippen LogP contribution is 2.29. The quantitative estimate of drug-likeness (QED) is 0.184. The number of para-hydroxylation sites is 1. The molecule has 0 aliphatic carbocycles. The van der Waals surface area contributed by atoms with Crippen molar-refractivity contribution in [2.45, 2.75) is 32.7 Å². The number of aryl methyl sites for hydroxylation is 1. The maximum Gasteiger partial charge on any atom is 0.195 e. The maximum absolute atomic E-state index is 13.2. The Morgan fingerprint density at radius 2 is 1.77 bits per heavy atom. The number of unbranched alkanes of at least 4 members (excludes halogenated alkanes) is 2. The Labute approximate surface area is 168 Å². The number of halogens is 1. The molecule has 0 N–H and O–H groups in total. The van der Waals surface area contributed by atoms with E-state index in [1.807, 2.05) is 36.4 Å². The Balaban J connectivity index is 1.99. The number of carbonyl (C=O) groups excluding carboxylic acids is 1. The van der Waals surface area contributed by atoms with Gasteiger partial charge >= 0.3 is 0 Å². The smallest absolute Gasteiger partial charge is 0.195 e. The minimum absolute atomic E-state index is 0.0763. The maximum atomic E-state index is 13.2. The van der Waals surface area contributed by atoms with E-state index in [4.69, 9.17) is 4.74 Å². The van der Waals surface area contributed by atoms with Crippen LogP contribution in [0.15, 0.2) is 48.5 Å². The zero-order valence-corrected chi connectivity index (χ0v) is 17.5. The van der Waals surface area contributed by atoms with Gasteiger partial charge in [0.25, 0.3) is 0 Å². The molecule has 1 aromatic heterocycles. The lowest BCUT2D eigenvalue weighted by Gasteiger charge is -2.08. The number of fused-ring (bicyclic) bond motifs is 1. The molecule has 0 unspecified atom stereocenters. The fourth-order valence-corrected chi connectivity index (χ4v) is 3.97. The Morgan fingerprint density at radius 1 is 1.04 bits per heavy atom. The van der Waals surface area contributed by atoms with Crippen molar-refractivity contribution in [1.82, 2.24) is 4.57 Å². The van der Waals surface area contributed by atoms with Gasteiger partial charge in [0, 0.05) is 28.7 Å². The molecule has 0 bridgehead atoms. The van der Waals surface area contributed by atoms with Crippen LogP contribution in [0, 0.1) is 6.92 Å². The molecule has 3 nitrogen and oxygen atoms in total. The first kappa shape index (κ1) is 19.0. The molecule has 0 aliphatic heterocycles. The number of alkyl halides is 1. The van der Waals surface area contributed by atoms with Gasteiger partial charge in [-0.25, -0.2) is 0 Å².